The van der Waals surface area contributed by atoms with E-state index in [0.717, 1.165) is 19.4 Å². The normalized spacial score (nSPS) is 19.6. The highest BCUT2D eigenvalue weighted by Crippen LogP contribution is 2.17. The average Bonchev–Trinajstić information content (AvgIpc) is 2.39. The Balaban J connectivity index is 1.98. The van der Waals surface area contributed by atoms with Gasteiger partial charge in [0, 0.05) is 26.4 Å². The molecule has 1 fully saturated rings. The molecule has 0 spiro atoms. The van der Waals surface area contributed by atoms with Crippen LogP contribution in [0.5, 0.6) is 0 Å². The molecule has 2 rings (SSSR count). The van der Waals surface area contributed by atoms with Crippen LogP contribution in [0.4, 0.5) is 0 Å². The monoisotopic (exact) mass is 312 g/mol. The molecule has 1 aromatic heterocycles. The van der Waals surface area contributed by atoms with E-state index in [-0.39, 0.29) is 12.0 Å². The number of halogens is 1. The van der Waals surface area contributed by atoms with Crippen molar-refractivity contribution in [3.8, 4) is 0 Å². The molecule has 98 valence electrons. The molecule has 0 aromatic carbocycles. The molecule has 4 nitrogen and oxygen atoms in total. The van der Waals surface area contributed by atoms with Gasteiger partial charge in [0.2, 0.25) is 0 Å². The number of likely N-dealkylation sites (N-methyl/N-ethyl adjacent to an activating group) is 1. The fourth-order valence-corrected chi connectivity index (χ4v) is 2.51. The van der Waals surface area contributed by atoms with Gasteiger partial charge in [-0.25, -0.2) is 4.98 Å². The van der Waals surface area contributed by atoms with E-state index in [2.05, 4.69) is 20.9 Å². The van der Waals surface area contributed by atoms with Crippen LogP contribution in [0.15, 0.2) is 22.9 Å². The smallest absolute Gasteiger partial charge is 0.256 e. The fourth-order valence-electron chi connectivity index (χ4n) is 2.09. The summed E-state index contributed by atoms with van der Waals surface area (Å²) in [6.07, 6.45) is 5.17. The molecule has 5 heteroatoms. The van der Waals surface area contributed by atoms with Gasteiger partial charge in [-0.3, -0.25) is 4.79 Å². The van der Waals surface area contributed by atoms with Crippen molar-refractivity contribution >= 4 is 21.8 Å². The van der Waals surface area contributed by atoms with Crippen molar-refractivity contribution in [1.82, 2.24) is 9.88 Å². The summed E-state index contributed by atoms with van der Waals surface area (Å²) < 4.78 is 6.23. The molecule has 0 aliphatic carbocycles. The van der Waals surface area contributed by atoms with E-state index < -0.39 is 0 Å². The molecule has 1 aromatic rings. The number of carbonyl (C=O) groups is 1. The van der Waals surface area contributed by atoms with Crippen molar-refractivity contribution in [3.05, 3.63) is 28.5 Å². The Morgan fingerprint density at radius 2 is 2.44 bits per heavy atom. The standard InChI is InChI=1S/C13H17BrN2O2/c1-16(9-10-5-2-3-8-18-10)13(17)11-6-4-7-15-12(11)14/h4,6-7,10H,2-3,5,8-9H2,1H3. The lowest BCUT2D eigenvalue weighted by Gasteiger charge is -2.27. The zero-order chi connectivity index (χ0) is 13.0. The van der Waals surface area contributed by atoms with Gasteiger partial charge in [-0.15, -0.1) is 0 Å². The van der Waals surface area contributed by atoms with E-state index in [1.54, 1.807) is 30.3 Å². The third-order valence-corrected chi connectivity index (χ3v) is 3.72. The van der Waals surface area contributed by atoms with Gasteiger partial charge in [-0.05, 0) is 47.3 Å². The Hall–Kier alpha value is -0.940. The topological polar surface area (TPSA) is 42.4 Å². The molecular weight excluding hydrogens is 296 g/mol. The van der Waals surface area contributed by atoms with Crippen LogP contribution < -0.4 is 0 Å². The highest BCUT2D eigenvalue weighted by atomic mass is 79.9. The van der Waals surface area contributed by atoms with Crippen LogP contribution in [0.3, 0.4) is 0 Å². The van der Waals surface area contributed by atoms with Gasteiger partial charge in [0.25, 0.3) is 5.91 Å². The molecule has 0 bridgehead atoms. The average molecular weight is 313 g/mol. The molecule has 1 aliphatic heterocycles. The van der Waals surface area contributed by atoms with Crippen LogP contribution in [0, 0.1) is 0 Å². The minimum Gasteiger partial charge on any atom is -0.376 e. The number of ether oxygens (including phenoxy) is 1. The Morgan fingerprint density at radius 1 is 1.61 bits per heavy atom. The zero-order valence-corrected chi connectivity index (χ0v) is 12.0. The van der Waals surface area contributed by atoms with Crippen molar-refractivity contribution in [2.24, 2.45) is 0 Å². The second-order valence-corrected chi connectivity index (χ2v) is 5.27. The van der Waals surface area contributed by atoms with Crippen LogP contribution in [0.2, 0.25) is 0 Å². The van der Waals surface area contributed by atoms with Gasteiger partial charge >= 0.3 is 0 Å². The Bertz CT molecular complexity index is 419. The van der Waals surface area contributed by atoms with Crippen LogP contribution in [0.1, 0.15) is 29.6 Å². The number of aromatic nitrogens is 1. The number of hydrogen-bond donors (Lipinski definition) is 0. The molecule has 0 N–H and O–H groups in total. The van der Waals surface area contributed by atoms with Crippen molar-refractivity contribution in [2.45, 2.75) is 25.4 Å². The maximum Gasteiger partial charge on any atom is 0.256 e. The predicted molar refractivity (Wildman–Crippen MR) is 72.5 cm³/mol. The van der Waals surface area contributed by atoms with Crippen LogP contribution in [0.25, 0.3) is 0 Å². The molecule has 1 saturated heterocycles. The minimum atomic E-state index is -0.0239. The summed E-state index contributed by atoms with van der Waals surface area (Å²) in [4.78, 5) is 18.0. The lowest BCUT2D eigenvalue weighted by molar-refractivity contribution is -0.000213. The third kappa shape index (κ3) is 3.29. The van der Waals surface area contributed by atoms with Gasteiger partial charge in [0.1, 0.15) is 4.60 Å². The highest BCUT2D eigenvalue weighted by Gasteiger charge is 2.21. The van der Waals surface area contributed by atoms with Gasteiger partial charge < -0.3 is 9.64 Å². The number of rotatable bonds is 3. The number of amides is 1. The summed E-state index contributed by atoms with van der Waals surface area (Å²) in [7, 11) is 1.81. The van der Waals surface area contributed by atoms with Crippen molar-refractivity contribution < 1.29 is 9.53 Å². The summed E-state index contributed by atoms with van der Waals surface area (Å²) in [5.41, 5.74) is 0.593. The summed E-state index contributed by atoms with van der Waals surface area (Å²) >= 11 is 3.30. The largest absolute Gasteiger partial charge is 0.376 e. The van der Waals surface area contributed by atoms with Gasteiger partial charge in [-0.1, -0.05) is 0 Å². The number of pyridine rings is 1. The highest BCUT2D eigenvalue weighted by molar-refractivity contribution is 9.10. The molecule has 1 unspecified atom stereocenters. The van der Waals surface area contributed by atoms with E-state index in [9.17, 15) is 4.79 Å². The Morgan fingerprint density at radius 3 is 3.11 bits per heavy atom. The lowest BCUT2D eigenvalue weighted by atomic mass is 10.1. The minimum absolute atomic E-state index is 0.0239. The van der Waals surface area contributed by atoms with Gasteiger partial charge in [0.15, 0.2) is 0 Å². The van der Waals surface area contributed by atoms with E-state index in [0.29, 0.717) is 16.7 Å². The SMILES string of the molecule is CN(CC1CCCCO1)C(=O)c1cccnc1Br. The molecular formula is C13H17BrN2O2. The first-order valence-corrected chi connectivity index (χ1v) is 6.95. The maximum absolute atomic E-state index is 12.2. The Kier molecular flexibility index (Phi) is 4.72. The third-order valence-electron chi connectivity index (χ3n) is 3.09. The Labute approximate surface area is 115 Å². The first kappa shape index (κ1) is 13.5. The quantitative estimate of drug-likeness (QED) is 0.805. The summed E-state index contributed by atoms with van der Waals surface area (Å²) in [5.74, 6) is -0.0239. The van der Waals surface area contributed by atoms with E-state index in [1.165, 1.54) is 6.42 Å². The van der Waals surface area contributed by atoms with Crippen LogP contribution in [-0.2, 0) is 4.74 Å². The maximum atomic E-state index is 12.2. The predicted octanol–water partition coefficient (Wildman–Crippen LogP) is 2.49. The molecule has 18 heavy (non-hydrogen) atoms. The number of nitrogens with zero attached hydrogens (tertiary/aromatic N) is 2. The van der Waals surface area contributed by atoms with Crippen molar-refractivity contribution in [2.75, 3.05) is 20.2 Å². The summed E-state index contributed by atoms with van der Waals surface area (Å²) in [6, 6.07) is 3.54. The second-order valence-electron chi connectivity index (χ2n) is 4.52. The van der Waals surface area contributed by atoms with Crippen LogP contribution >= 0.6 is 15.9 Å². The van der Waals surface area contributed by atoms with E-state index in [4.69, 9.17) is 4.74 Å². The van der Waals surface area contributed by atoms with E-state index in [1.807, 2.05) is 0 Å². The summed E-state index contributed by atoms with van der Waals surface area (Å²) in [6.45, 7) is 1.45. The fraction of sp³-hybridized carbons (Fsp3) is 0.538. The first-order valence-electron chi connectivity index (χ1n) is 6.16. The molecule has 1 atom stereocenters. The molecule has 0 radical (unpaired) electrons. The van der Waals surface area contributed by atoms with E-state index >= 15 is 0 Å². The first-order chi connectivity index (χ1) is 8.68. The molecule has 2 heterocycles. The summed E-state index contributed by atoms with van der Waals surface area (Å²) in [5, 5.41) is 0. The van der Waals surface area contributed by atoms with Gasteiger partial charge in [-0.2, -0.15) is 0 Å². The second kappa shape index (κ2) is 6.29. The van der Waals surface area contributed by atoms with Crippen LogP contribution in [-0.4, -0.2) is 42.1 Å². The zero-order valence-electron chi connectivity index (χ0n) is 10.4. The molecule has 0 saturated carbocycles. The molecule has 1 aliphatic rings. The number of hydrogen-bond acceptors (Lipinski definition) is 3. The van der Waals surface area contributed by atoms with Crippen molar-refractivity contribution in [1.29, 1.82) is 0 Å². The van der Waals surface area contributed by atoms with Crippen molar-refractivity contribution in [3.63, 3.8) is 0 Å². The number of carbonyl (C=O) groups excluding carboxylic acids is 1. The molecule has 1 amide bonds. The van der Waals surface area contributed by atoms with Gasteiger partial charge in [0.05, 0.1) is 11.7 Å². The lowest BCUT2D eigenvalue weighted by Crippen LogP contribution is -2.37.